The number of hydrogen-bond acceptors (Lipinski definition) is 4. The van der Waals surface area contributed by atoms with Gasteiger partial charge in [0.25, 0.3) is 0 Å². The summed E-state index contributed by atoms with van der Waals surface area (Å²) in [5, 5.41) is 1.20. The molecule has 6 nitrogen and oxygen atoms in total. The minimum absolute atomic E-state index is 0.208. The fourth-order valence-electron chi connectivity index (χ4n) is 3.81. The third kappa shape index (κ3) is 6.08. The Kier molecular flexibility index (Phi) is 6.92. The van der Waals surface area contributed by atoms with Crippen molar-refractivity contribution < 1.29 is 14.3 Å². The van der Waals surface area contributed by atoms with Crippen LogP contribution in [0.5, 0.6) is 0 Å². The summed E-state index contributed by atoms with van der Waals surface area (Å²) in [5.74, 6) is 0.415. The van der Waals surface area contributed by atoms with Crippen molar-refractivity contribution in [3.63, 3.8) is 0 Å². The molecular formula is C23H37N3O3Si. The van der Waals surface area contributed by atoms with Gasteiger partial charge in [-0.2, -0.15) is 0 Å². The van der Waals surface area contributed by atoms with E-state index in [1.165, 1.54) is 10.9 Å². The number of aromatic nitrogens is 2. The zero-order valence-electron chi connectivity index (χ0n) is 19.4. The van der Waals surface area contributed by atoms with Crippen LogP contribution in [-0.4, -0.2) is 53.9 Å². The van der Waals surface area contributed by atoms with Crippen molar-refractivity contribution in [3.8, 4) is 0 Å². The number of amides is 1. The lowest BCUT2D eigenvalue weighted by molar-refractivity contribution is 0.0205. The van der Waals surface area contributed by atoms with Gasteiger partial charge in [0.15, 0.2) is 0 Å². The van der Waals surface area contributed by atoms with Crippen molar-refractivity contribution in [2.24, 2.45) is 0 Å². The monoisotopic (exact) mass is 431 g/mol. The maximum absolute atomic E-state index is 12.4. The van der Waals surface area contributed by atoms with E-state index in [0.29, 0.717) is 12.6 Å². The second-order valence-electron chi connectivity index (χ2n) is 10.5. The lowest BCUT2D eigenvalue weighted by Crippen LogP contribution is -2.41. The van der Waals surface area contributed by atoms with Crippen LogP contribution < -0.4 is 0 Å². The molecule has 0 saturated carbocycles. The number of carbonyl (C=O) groups excluding carboxylic acids is 1. The average Bonchev–Trinajstić information content (AvgIpc) is 3.02. The Morgan fingerprint density at radius 2 is 1.93 bits per heavy atom. The predicted molar refractivity (Wildman–Crippen MR) is 124 cm³/mol. The van der Waals surface area contributed by atoms with E-state index in [9.17, 15) is 4.79 Å². The van der Waals surface area contributed by atoms with Crippen LogP contribution in [0.2, 0.25) is 25.7 Å². The number of hydrogen-bond donors (Lipinski definition) is 0. The molecule has 0 radical (unpaired) electrons. The molecule has 3 rings (SSSR count). The highest BCUT2D eigenvalue weighted by molar-refractivity contribution is 6.76. The summed E-state index contributed by atoms with van der Waals surface area (Å²) >= 11 is 0. The van der Waals surface area contributed by atoms with Gasteiger partial charge in [-0.15, -0.1) is 0 Å². The molecule has 3 heterocycles. The van der Waals surface area contributed by atoms with E-state index in [0.717, 1.165) is 44.2 Å². The van der Waals surface area contributed by atoms with E-state index >= 15 is 0 Å². The van der Waals surface area contributed by atoms with Crippen molar-refractivity contribution in [3.05, 3.63) is 30.1 Å². The first-order valence-corrected chi connectivity index (χ1v) is 14.7. The lowest BCUT2D eigenvalue weighted by atomic mass is 9.90. The van der Waals surface area contributed by atoms with E-state index in [2.05, 4.69) is 41.5 Å². The molecule has 0 spiro atoms. The fraction of sp³-hybridized carbons (Fsp3) is 0.652. The van der Waals surface area contributed by atoms with Crippen LogP contribution in [0.3, 0.4) is 0 Å². The average molecular weight is 432 g/mol. The molecule has 1 aliphatic rings. The molecule has 7 heteroatoms. The summed E-state index contributed by atoms with van der Waals surface area (Å²) in [5.41, 5.74) is 1.84. The molecule has 0 unspecified atom stereocenters. The van der Waals surface area contributed by atoms with Gasteiger partial charge in [-0.3, -0.25) is 0 Å². The molecule has 166 valence electrons. The summed E-state index contributed by atoms with van der Waals surface area (Å²) < 4.78 is 13.7. The zero-order valence-corrected chi connectivity index (χ0v) is 20.4. The smallest absolute Gasteiger partial charge is 0.410 e. The topological polar surface area (TPSA) is 56.6 Å². The Labute approximate surface area is 181 Å². The molecule has 0 bridgehead atoms. The van der Waals surface area contributed by atoms with Crippen molar-refractivity contribution in [1.82, 2.24) is 14.5 Å². The van der Waals surface area contributed by atoms with Crippen LogP contribution in [0.25, 0.3) is 11.0 Å². The normalized spacial score (nSPS) is 16.3. The molecule has 1 fully saturated rings. The fourth-order valence-corrected chi connectivity index (χ4v) is 4.57. The Bertz CT molecular complexity index is 859. The first-order valence-electron chi connectivity index (χ1n) is 11.0. The van der Waals surface area contributed by atoms with E-state index in [-0.39, 0.29) is 6.09 Å². The minimum atomic E-state index is -1.09. The van der Waals surface area contributed by atoms with E-state index in [1.54, 1.807) is 0 Å². The molecule has 0 N–H and O–H groups in total. The lowest BCUT2D eigenvalue weighted by Gasteiger charge is -2.33. The number of likely N-dealkylation sites (tertiary alicyclic amines) is 1. The molecule has 2 aromatic heterocycles. The van der Waals surface area contributed by atoms with E-state index < -0.39 is 13.7 Å². The van der Waals surface area contributed by atoms with Crippen LogP contribution in [0.1, 0.15) is 45.1 Å². The molecule has 0 atom stereocenters. The van der Waals surface area contributed by atoms with Gasteiger partial charge in [-0.1, -0.05) is 19.6 Å². The van der Waals surface area contributed by atoms with Crippen LogP contribution in [0.4, 0.5) is 4.79 Å². The van der Waals surface area contributed by atoms with Crippen molar-refractivity contribution >= 4 is 25.2 Å². The van der Waals surface area contributed by atoms with Gasteiger partial charge >= 0.3 is 6.09 Å². The summed E-state index contributed by atoms with van der Waals surface area (Å²) in [4.78, 5) is 18.8. The summed E-state index contributed by atoms with van der Waals surface area (Å²) in [6, 6.07) is 5.31. The van der Waals surface area contributed by atoms with Crippen LogP contribution in [0, 0.1) is 0 Å². The minimum Gasteiger partial charge on any atom is -0.444 e. The molecule has 1 amide bonds. The standard InChI is InChI=1S/C23H37N3O3Si/c1-23(2,3)29-22(27)25-12-9-18(10-13-25)20-16-26(17-28-14-15-30(4,5)6)21-19(20)8-7-11-24-21/h7-8,11,16,18H,9-10,12-15,17H2,1-6H3. The van der Waals surface area contributed by atoms with Gasteiger partial charge in [0.2, 0.25) is 0 Å². The van der Waals surface area contributed by atoms with E-state index in [1.807, 2.05) is 37.9 Å². The van der Waals surface area contributed by atoms with Gasteiger partial charge in [0, 0.05) is 45.6 Å². The van der Waals surface area contributed by atoms with Crippen molar-refractivity contribution in [2.45, 2.75) is 77.5 Å². The Hall–Kier alpha value is -1.86. The molecule has 30 heavy (non-hydrogen) atoms. The molecular weight excluding hydrogens is 394 g/mol. The first-order chi connectivity index (χ1) is 14.0. The Balaban J connectivity index is 1.66. The third-order valence-corrected chi connectivity index (χ3v) is 7.18. The number of piperidine rings is 1. The quantitative estimate of drug-likeness (QED) is 0.450. The van der Waals surface area contributed by atoms with Crippen molar-refractivity contribution in [2.75, 3.05) is 19.7 Å². The number of fused-ring (bicyclic) bond motifs is 1. The molecule has 0 aromatic carbocycles. The predicted octanol–water partition coefficient (Wildman–Crippen LogP) is 5.46. The van der Waals surface area contributed by atoms with Gasteiger partial charge in [-0.05, 0) is 63.3 Å². The number of nitrogens with zero attached hydrogens (tertiary/aromatic N) is 3. The molecule has 1 aliphatic heterocycles. The number of pyridine rings is 1. The van der Waals surface area contributed by atoms with E-state index in [4.69, 9.17) is 9.47 Å². The number of rotatable bonds is 6. The van der Waals surface area contributed by atoms with Gasteiger partial charge in [0.05, 0.1) is 0 Å². The number of carbonyl (C=O) groups is 1. The summed E-state index contributed by atoms with van der Waals surface area (Å²) in [6.07, 6.45) is 5.71. The SMILES string of the molecule is CC(C)(C)OC(=O)N1CCC(c2cn(COCC[Si](C)(C)C)c3ncccc23)CC1. The van der Waals surface area contributed by atoms with Gasteiger partial charge < -0.3 is 18.9 Å². The van der Waals surface area contributed by atoms with Crippen LogP contribution in [-0.2, 0) is 16.2 Å². The summed E-state index contributed by atoms with van der Waals surface area (Å²) in [7, 11) is -1.09. The largest absolute Gasteiger partial charge is 0.444 e. The highest BCUT2D eigenvalue weighted by Gasteiger charge is 2.29. The van der Waals surface area contributed by atoms with Crippen molar-refractivity contribution in [1.29, 1.82) is 0 Å². The second kappa shape index (κ2) is 9.10. The molecule has 1 saturated heterocycles. The highest BCUT2D eigenvalue weighted by Crippen LogP contribution is 2.34. The molecule has 0 aliphatic carbocycles. The van der Waals surface area contributed by atoms with Crippen LogP contribution >= 0.6 is 0 Å². The Morgan fingerprint density at radius 3 is 2.57 bits per heavy atom. The Morgan fingerprint density at radius 1 is 1.23 bits per heavy atom. The van der Waals surface area contributed by atoms with Gasteiger partial charge in [0.1, 0.15) is 18.0 Å². The maximum Gasteiger partial charge on any atom is 0.410 e. The second-order valence-corrected chi connectivity index (χ2v) is 16.1. The zero-order chi connectivity index (χ0) is 21.9. The first kappa shape index (κ1) is 22.8. The number of ether oxygens (including phenoxy) is 2. The van der Waals surface area contributed by atoms with Crippen LogP contribution in [0.15, 0.2) is 24.5 Å². The summed E-state index contributed by atoms with van der Waals surface area (Å²) in [6.45, 7) is 15.6. The highest BCUT2D eigenvalue weighted by atomic mass is 28.3. The molecule has 2 aromatic rings. The third-order valence-electron chi connectivity index (χ3n) is 5.48. The van der Waals surface area contributed by atoms with Gasteiger partial charge in [-0.25, -0.2) is 9.78 Å². The maximum atomic E-state index is 12.4.